The van der Waals surface area contributed by atoms with Gasteiger partial charge in [-0.2, -0.15) is 0 Å². The summed E-state index contributed by atoms with van der Waals surface area (Å²) < 4.78 is 0. The molecule has 0 fully saturated rings. The van der Waals surface area contributed by atoms with Gasteiger partial charge in [0.2, 0.25) is 0 Å². The highest BCUT2D eigenvalue weighted by Crippen LogP contribution is 2.23. The normalized spacial score (nSPS) is 12.6. The monoisotopic (exact) mass is 501 g/mol. The molecule has 0 saturated heterocycles. The summed E-state index contributed by atoms with van der Waals surface area (Å²) in [5.74, 6) is 1.74. The first-order valence-corrected chi connectivity index (χ1v) is 10.2. The third-order valence-electron chi connectivity index (χ3n) is 4.41. The van der Waals surface area contributed by atoms with Crippen molar-refractivity contribution in [1.82, 2.24) is 20.6 Å². The molecule has 0 aromatic carbocycles. The van der Waals surface area contributed by atoms with Crippen molar-refractivity contribution >= 4 is 41.3 Å². The van der Waals surface area contributed by atoms with Gasteiger partial charge in [0.05, 0.1) is 10.7 Å². The van der Waals surface area contributed by atoms with Crippen LogP contribution in [0.5, 0.6) is 0 Å². The first kappa shape index (κ1) is 23.8. The highest BCUT2D eigenvalue weighted by Gasteiger charge is 2.16. The van der Waals surface area contributed by atoms with Crippen LogP contribution in [0.4, 0.5) is 0 Å². The number of aromatic nitrogens is 2. The number of hydrogen-bond acceptors (Lipinski definition) is 4. The summed E-state index contributed by atoms with van der Waals surface area (Å²) >= 11 is 1.78. The molecule has 5 nitrogen and oxygen atoms in total. The lowest BCUT2D eigenvalue weighted by molar-refractivity contribution is 0.504. The number of aryl methyl sites for hydroxylation is 2. The van der Waals surface area contributed by atoms with Crippen LogP contribution in [0, 0.1) is 19.8 Å². The molecule has 150 valence electrons. The molecule has 7 heteroatoms. The van der Waals surface area contributed by atoms with Crippen molar-refractivity contribution < 1.29 is 0 Å². The highest BCUT2D eigenvalue weighted by atomic mass is 127. The maximum absolute atomic E-state index is 4.82. The molecule has 2 rings (SSSR count). The summed E-state index contributed by atoms with van der Waals surface area (Å²) in [7, 11) is 0. The van der Waals surface area contributed by atoms with Gasteiger partial charge in [-0.3, -0.25) is 9.98 Å². The Morgan fingerprint density at radius 2 is 2.04 bits per heavy atom. The molecule has 2 aromatic rings. The second-order valence-corrected chi connectivity index (χ2v) is 8.07. The summed E-state index contributed by atoms with van der Waals surface area (Å²) in [6, 6.07) is 4.14. The van der Waals surface area contributed by atoms with Gasteiger partial charge in [-0.1, -0.05) is 19.9 Å². The van der Waals surface area contributed by atoms with E-state index in [0.717, 1.165) is 37.7 Å². The predicted molar refractivity (Wildman–Crippen MR) is 127 cm³/mol. The van der Waals surface area contributed by atoms with Crippen LogP contribution in [-0.2, 0) is 6.42 Å². The van der Waals surface area contributed by atoms with E-state index in [1.54, 1.807) is 11.3 Å². The number of halogens is 1. The minimum Gasteiger partial charge on any atom is -0.357 e. The van der Waals surface area contributed by atoms with Crippen LogP contribution in [0.2, 0.25) is 0 Å². The van der Waals surface area contributed by atoms with Crippen LogP contribution < -0.4 is 10.6 Å². The molecule has 0 radical (unpaired) electrons. The van der Waals surface area contributed by atoms with Crippen molar-refractivity contribution in [3.05, 3.63) is 45.7 Å². The molecule has 0 saturated carbocycles. The smallest absolute Gasteiger partial charge is 0.191 e. The van der Waals surface area contributed by atoms with E-state index >= 15 is 0 Å². The van der Waals surface area contributed by atoms with Crippen molar-refractivity contribution in [3.8, 4) is 0 Å². The van der Waals surface area contributed by atoms with E-state index in [-0.39, 0.29) is 24.0 Å². The summed E-state index contributed by atoms with van der Waals surface area (Å²) in [6.45, 7) is 13.2. The van der Waals surface area contributed by atoms with Crippen LogP contribution >= 0.6 is 35.3 Å². The van der Waals surface area contributed by atoms with E-state index in [1.165, 1.54) is 15.4 Å². The lowest BCUT2D eigenvalue weighted by atomic mass is 9.89. The molecule has 2 N–H and O–H groups in total. The van der Waals surface area contributed by atoms with Gasteiger partial charge in [0.1, 0.15) is 0 Å². The SMILES string of the molecule is CCNC(=NCC(c1cccnc1)C(C)C)NCCc1nc(C)c(C)s1.I. The van der Waals surface area contributed by atoms with Crippen molar-refractivity contribution in [3.63, 3.8) is 0 Å². The zero-order valence-electron chi connectivity index (χ0n) is 17.0. The van der Waals surface area contributed by atoms with Gasteiger partial charge < -0.3 is 10.6 Å². The third-order valence-corrected chi connectivity index (χ3v) is 5.54. The van der Waals surface area contributed by atoms with E-state index < -0.39 is 0 Å². The second kappa shape index (κ2) is 12.3. The van der Waals surface area contributed by atoms with Gasteiger partial charge in [-0.05, 0) is 38.3 Å². The minimum absolute atomic E-state index is 0. The Morgan fingerprint density at radius 1 is 1.26 bits per heavy atom. The fourth-order valence-electron chi connectivity index (χ4n) is 2.76. The van der Waals surface area contributed by atoms with Crippen molar-refractivity contribution in [2.45, 2.75) is 47.0 Å². The molecular weight excluding hydrogens is 469 g/mol. The number of guanidine groups is 1. The van der Waals surface area contributed by atoms with Crippen LogP contribution in [0.15, 0.2) is 29.5 Å². The second-order valence-electron chi connectivity index (χ2n) is 6.78. The summed E-state index contributed by atoms with van der Waals surface area (Å²) in [4.78, 5) is 15.0. The Morgan fingerprint density at radius 3 is 2.59 bits per heavy atom. The van der Waals surface area contributed by atoms with Gasteiger partial charge in [0.25, 0.3) is 0 Å². The number of nitrogens with zero attached hydrogens (tertiary/aromatic N) is 3. The van der Waals surface area contributed by atoms with Crippen LogP contribution in [0.3, 0.4) is 0 Å². The van der Waals surface area contributed by atoms with Crippen LogP contribution in [0.1, 0.15) is 47.8 Å². The number of thiazole rings is 1. The highest BCUT2D eigenvalue weighted by molar-refractivity contribution is 14.0. The molecule has 1 atom stereocenters. The first-order valence-electron chi connectivity index (χ1n) is 9.36. The van der Waals surface area contributed by atoms with E-state index in [4.69, 9.17) is 4.99 Å². The lowest BCUT2D eigenvalue weighted by Gasteiger charge is -2.20. The molecule has 1 unspecified atom stereocenters. The van der Waals surface area contributed by atoms with Crippen molar-refractivity contribution in [2.24, 2.45) is 10.9 Å². The molecule has 0 aliphatic rings. The number of nitrogens with one attached hydrogen (secondary N) is 2. The van der Waals surface area contributed by atoms with Gasteiger partial charge in [-0.15, -0.1) is 35.3 Å². The summed E-state index contributed by atoms with van der Waals surface area (Å²) in [6.07, 6.45) is 4.69. The molecule has 0 aliphatic carbocycles. The fourth-order valence-corrected chi connectivity index (χ4v) is 3.70. The van der Waals surface area contributed by atoms with E-state index in [9.17, 15) is 0 Å². The number of pyridine rings is 1. The molecule has 2 heterocycles. The van der Waals surface area contributed by atoms with Crippen molar-refractivity contribution in [2.75, 3.05) is 19.6 Å². The largest absolute Gasteiger partial charge is 0.357 e. The average molecular weight is 501 g/mol. The summed E-state index contributed by atoms with van der Waals surface area (Å²) in [5.41, 5.74) is 2.39. The van der Waals surface area contributed by atoms with Crippen LogP contribution in [0.25, 0.3) is 0 Å². The van der Waals surface area contributed by atoms with Gasteiger partial charge in [-0.25, -0.2) is 4.98 Å². The molecular formula is C20H32IN5S. The van der Waals surface area contributed by atoms with Crippen molar-refractivity contribution in [1.29, 1.82) is 0 Å². The third kappa shape index (κ3) is 7.73. The maximum Gasteiger partial charge on any atom is 0.191 e. The standard InChI is InChI=1S/C20H31N5S.HI/c1-6-22-20(23-11-9-19-25-15(4)16(5)26-19)24-13-18(14(2)3)17-8-7-10-21-12-17;/h7-8,10,12,14,18H,6,9,11,13H2,1-5H3,(H2,22,23,24);1H. The number of hydrogen-bond donors (Lipinski definition) is 2. The summed E-state index contributed by atoms with van der Waals surface area (Å²) in [5, 5.41) is 7.95. The van der Waals surface area contributed by atoms with E-state index in [0.29, 0.717) is 11.8 Å². The topological polar surface area (TPSA) is 62.2 Å². The van der Waals surface area contributed by atoms with Gasteiger partial charge in [0.15, 0.2) is 5.96 Å². The molecule has 0 spiro atoms. The fraction of sp³-hybridized carbons (Fsp3) is 0.550. The van der Waals surface area contributed by atoms with Gasteiger partial charge in [0, 0.05) is 49.2 Å². The first-order chi connectivity index (χ1) is 12.5. The molecule has 27 heavy (non-hydrogen) atoms. The Hall–Kier alpha value is -1.22. The average Bonchev–Trinajstić information content (AvgIpc) is 2.93. The molecule has 2 aromatic heterocycles. The lowest BCUT2D eigenvalue weighted by Crippen LogP contribution is -2.38. The quantitative estimate of drug-likeness (QED) is 0.322. The Bertz CT molecular complexity index is 680. The number of aliphatic imine (C=N–C) groups is 1. The zero-order valence-corrected chi connectivity index (χ0v) is 20.1. The molecule has 0 aliphatic heterocycles. The molecule has 0 amide bonds. The Balaban J connectivity index is 0.00000364. The molecule has 0 bridgehead atoms. The van der Waals surface area contributed by atoms with Gasteiger partial charge >= 0.3 is 0 Å². The Kier molecular flexibility index (Phi) is 10.8. The number of rotatable bonds is 8. The van der Waals surface area contributed by atoms with E-state index in [2.05, 4.69) is 61.3 Å². The minimum atomic E-state index is 0. The van der Waals surface area contributed by atoms with Crippen LogP contribution in [-0.4, -0.2) is 35.6 Å². The Labute approximate surface area is 184 Å². The maximum atomic E-state index is 4.82. The predicted octanol–water partition coefficient (Wildman–Crippen LogP) is 4.31. The zero-order chi connectivity index (χ0) is 18.9. The van der Waals surface area contributed by atoms with E-state index in [1.807, 2.05) is 18.5 Å².